The van der Waals surface area contributed by atoms with Gasteiger partial charge in [0, 0.05) is 43.6 Å². The number of aryl methyl sites for hydroxylation is 1. The Kier molecular flexibility index (Phi) is 6.11. The molecule has 0 saturated carbocycles. The summed E-state index contributed by atoms with van der Waals surface area (Å²) in [6.45, 7) is 9.58. The average Bonchev–Trinajstić information content (AvgIpc) is 3.36. The first-order valence-electron chi connectivity index (χ1n) is 10.7. The average molecular weight is 406 g/mol. The molecule has 0 radical (unpaired) electrons. The lowest BCUT2D eigenvalue weighted by molar-refractivity contribution is 0.322. The molecule has 3 heterocycles. The molecular weight excluding hydrogens is 374 g/mol. The largest absolute Gasteiger partial charge is 0.324 e. The van der Waals surface area contributed by atoms with Crippen LogP contribution in [0.2, 0.25) is 0 Å². The van der Waals surface area contributed by atoms with Crippen LogP contribution in [0.3, 0.4) is 0 Å². The van der Waals surface area contributed by atoms with Gasteiger partial charge in [0.1, 0.15) is 5.82 Å². The summed E-state index contributed by atoms with van der Waals surface area (Å²) in [5, 5.41) is 6.70. The molecule has 2 aromatic heterocycles. The Bertz CT molecular complexity index is 977. The molecule has 30 heavy (non-hydrogen) atoms. The summed E-state index contributed by atoms with van der Waals surface area (Å²) in [6, 6.07) is 11.4. The number of aromatic nitrogens is 4. The molecular formula is C23H31N7. The number of likely N-dealkylation sites (tertiary alicyclic amines) is 1. The first-order chi connectivity index (χ1) is 14.5. The maximum absolute atomic E-state index is 4.72. The number of benzene rings is 1. The zero-order valence-corrected chi connectivity index (χ0v) is 18.3. The van der Waals surface area contributed by atoms with Crippen LogP contribution >= 0.6 is 0 Å². The van der Waals surface area contributed by atoms with E-state index < -0.39 is 0 Å². The van der Waals surface area contributed by atoms with Gasteiger partial charge in [-0.1, -0.05) is 12.1 Å². The molecule has 0 unspecified atom stereocenters. The zero-order valence-electron chi connectivity index (χ0n) is 18.3. The van der Waals surface area contributed by atoms with E-state index >= 15 is 0 Å². The molecule has 1 aliphatic heterocycles. The summed E-state index contributed by atoms with van der Waals surface area (Å²) >= 11 is 0. The fourth-order valence-electron chi connectivity index (χ4n) is 4.15. The number of rotatable bonds is 7. The van der Waals surface area contributed by atoms with Gasteiger partial charge in [0.15, 0.2) is 0 Å². The highest BCUT2D eigenvalue weighted by atomic mass is 15.2. The van der Waals surface area contributed by atoms with E-state index in [1.165, 1.54) is 12.0 Å². The normalized spacial score (nSPS) is 17.0. The fourth-order valence-corrected chi connectivity index (χ4v) is 4.15. The standard InChI is InChI=1S/C23H31N7/c1-16(2)30-17(3)26-13-22(30)21-9-11-25-23(28-21)27-19-7-5-18(6-8-19)14-29-12-10-20(15-29)24-4/h5-9,11,13,16,20,24H,10,12,14-15H2,1-4H3,(H,25,27,28)/t20-/m0/s1. The molecule has 1 aromatic carbocycles. The highest BCUT2D eigenvalue weighted by molar-refractivity contribution is 5.59. The molecule has 1 fully saturated rings. The van der Waals surface area contributed by atoms with Crippen LogP contribution in [0.1, 0.15) is 37.7 Å². The number of imidazole rings is 1. The van der Waals surface area contributed by atoms with E-state index in [0.717, 1.165) is 42.5 Å². The first-order valence-corrected chi connectivity index (χ1v) is 10.7. The van der Waals surface area contributed by atoms with E-state index in [-0.39, 0.29) is 0 Å². The Morgan fingerprint density at radius 2 is 1.93 bits per heavy atom. The zero-order chi connectivity index (χ0) is 21.1. The van der Waals surface area contributed by atoms with Crippen LogP contribution in [0.4, 0.5) is 11.6 Å². The highest BCUT2D eigenvalue weighted by Gasteiger charge is 2.20. The highest BCUT2D eigenvalue weighted by Crippen LogP contribution is 2.24. The van der Waals surface area contributed by atoms with Gasteiger partial charge in [-0.3, -0.25) is 4.90 Å². The van der Waals surface area contributed by atoms with Crippen LogP contribution in [0.15, 0.2) is 42.7 Å². The molecule has 0 amide bonds. The third kappa shape index (κ3) is 4.52. The van der Waals surface area contributed by atoms with Crippen molar-refractivity contribution >= 4 is 11.6 Å². The Morgan fingerprint density at radius 1 is 1.13 bits per heavy atom. The minimum absolute atomic E-state index is 0.320. The molecule has 0 bridgehead atoms. The molecule has 1 saturated heterocycles. The van der Waals surface area contributed by atoms with Crippen molar-refractivity contribution in [3.63, 3.8) is 0 Å². The van der Waals surface area contributed by atoms with Crippen molar-refractivity contribution in [1.29, 1.82) is 0 Å². The van der Waals surface area contributed by atoms with E-state index in [9.17, 15) is 0 Å². The van der Waals surface area contributed by atoms with Crippen molar-refractivity contribution in [2.24, 2.45) is 0 Å². The molecule has 158 valence electrons. The van der Waals surface area contributed by atoms with Gasteiger partial charge in [-0.15, -0.1) is 0 Å². The van der Waals surface area contributed by atoms with Crippen LogP contribution in [-0.4, -0.2) is 50.6 Å². The van der Waals surface area contributed by atoms with Crippen LogP contribution in [0.5, 0.6) is 0 Å². The molecule has 3 aromatic rings. The molecule has 7 heteroatoms. The Labute approximate surface area is 178 Å². The van der Waals surface area contributed by atoms with Crippen molar-refractivity contribution < 1.29 is 0 Å². The Hall–Kier alpha value is -2.77. The second-order valence-electron chi connectivity index (χ2n) is 8.25. The predicted molar refractivity (Wildman–Crippen MR) is 121 cm³/mol. The number of hydrogen-bond acceptors (Lipinski definition) is 6. The van der Waals surface area contributed by atoms with Gasteiger partial charge in [-0.25, -0.2) is 15.0 Å². The van der Waals surface area contributed by atoms with Crippen LogP contribution in [0, 0.1) is 6.92 Å². The number of nitrogens with zero attached hydrogens (tertiary/aromatic N) is 5. The maximum Gasteiger partial charge on any atom is 0.227 e. The molecule has 4 rings (SSSR count). The minimum atomic E-state index is 0.320. The topological polar surface area (TPSA) is 70.9 Å². The minimum Gasteiger partial charge on any atom is -0.324 e. The van der Waals surface area contributed by atoms with Gasteiger partial charge < -0.3 is 15.2 Å². The number of nitrogens with one attached hydrogen (secondary N) is 2. The summed E-state index contributed by atoms with van der Waals surface area (Å²) in [7, 11) is 2.05. The molecule has 7 nitrogen and oxygen atoms in total. The number of anilines is 2. The fraction of sp³-hybridized carbons (Fsp3) is 0.435. The SMILES string of the molecule is CN[C@H]1CCN(Cc2ccc(Nc3nccc(-c4cnc(C)n4C(C)C)n3)cc2)C1. The monoisotopic (exact) mass is 405 g/mol. The van der Waals surface area contributed by atoms with Crippen molar-refractivity contribution in [3.8, 4) is 11.4 Å². The molecule has 2 N–H and O–H groups in total. The Morgan fingerprint density at radius 3 is 2.63 bits per heavy atom. The van der Waals surface area contributed by atoms with Crippen LogP contribution in [0.25, 0.3) is 11.4 Å². The third-order valence-electron chi connectivity index (χ3n) is 5.71. The van der Waals surface area contributed by atoms with Crippen molar-refractivity contribution in [2.75, 3.05) is 25.5 Å². The van der Waals surface area contributed by atoms with Crippen molar-refractivity contribution in [3.05, 3.63) is 54.1 Å². The molecule has 1 atom stereocenters. The van der Waals surface area contributed by atoms with E-state index in [1.807, 2.05) is 26.2 Å². The molecule has 1 aliphatic rings. The van der Waals surface area contributed by atoms with E-state index in [0.29, 0.717) is 18.0 Å². The third-order valence-corrected chi connectivity index (χ3v) is 5.71. The Balaban J connectivity index is 1.44. The van der Waals surface area contributed by atoms with Gasteiger partial charge >= 0.3 is 0 Å². The summed E-state index contributed by atoms with van der Waals surface area (Å²) in [4.78, 5) is 16.1. The number of hydrogen-bond donors (Lipinski definition) is 2. The van der Waals surface area contributed by atoms with E-state index in [2.05, 4.69) is 68.2 Å². The second kappa shape index (κ2) is 8.93. The van der Waals surface area contributed by atoms with Gasteiger partial charge in [-0.05, 0) is 58.0 Å². The first kappa shape index (κ1) is 20.5. The number of likely N-dealkylation sites (N-methyl/N-ethyl adjacent to an activating group) is 1. The van der Waals surface area contributed by atoms with E-state index in [1.54, 1.807) is 6.20 Å². The van der Waals surface area contributed by atoms with Gasteiger partial charge in [0.25, 0.3) is 0 Å². The van der Waals surface area contributed by atoms with E-state index in [4.69, 9.17) is 4.98 Å². The smallest absolute Gasteiger partial charge is 0.227 e. The van der Waals surface area contributed by atoms with Crippen molar-refractivity contribution in [1.82, 2.24) is 29.7 Å². The predicted octanol–water partition coefficient (Wildman–Crippen LogP) is 3.77. The van der Waals surface area contributed by atoms with Gasteiger partial charge in [-0.2, -0.15) is 0 Å². The molecule has 0 spiro atoms. The second-order valence-corrected chi connectivity index (χ2v) is 8.25. The summed E-state index contributed by atoms with van der Waals surface area (Å²) < 4.78 is 2.19. The van der Waals surface area contributed by atoms with Gasteiger partial charge in [0.2, 0.25) is 5.95 Å². The summed E-state index contributed by atoms with van der Waals surface area (Å²) in [5.74, 6) is 1.58. The lowest BCUT2D eigenvalue weighted by atomic mass is 10.2. The summed E-state index contributed by atoms with van der Waals surface area (Å²) in [5.41, 5.74) is 4.18. The van der Waals surface area contributed by atoms with Gasteiger partial charge in [0.05, 0.1) is 17.6 Å². The lowest BCUT2D eigenvalue weighted by Crippen LogP contribution is -2.29. The maximum atomic E-state index is 4.72. The van der Waals surface area contributed by atoms with Crippen molar-refractivity contribution in [2.45, 2.75) is 45.8 Å². The summed E-state index contributed by atoms with van der Waals surface area (Å²) in [6.07, 6.45) is 4.89. The lowest BCUT2D eigenvalue weighted by Gasteiger charge is -2.16. The van der Waals surface area contributed by atoms with Crippen LogP contribution < -0.4 is 10.6 Å². The molecule has 0 aliphatic carbocycles. The quantitative estimate of drug-likeness (QED) is 0.624. The van der Waals surface area contributed by atoms with Crippen LogP contribution in [-0.2, 0) is 6.54 Å².